The minimum atomic E-state index is -1.38. The summed E-state index contributed by atoms with van der Waals surface area (Å²) in [6.45, 7) is 2.81. The summed E-state index contributed by atoms with van der Waals surface area (Å²) >= 11 is 0. The molecule has 0 aliphatic heterocycles. The van der Waals surface area contributed by atoms with Crippen LogP contribution in [-0.4, -0.2) is 11.6 Å². The van der Waals surface area contributed by atoms with Gasteiger partial charge in [0.1, 0.15) is 11.4 Å². The number of carboxylic acid groups (broad SMARTS) is 1. The van der Waals surface area contributed by atoms with Crippen molar-refractivity contribution in [2.24, 2.45) is 0 Å². The van der Waals surface area contributed by atoms with E-state index in [0.29, 0.717) is 11.3 Å². The Morgan fingerprint density at radius 1 is 1.40 bits per heavy atom. The van der Waals surface area contributed by atoms with Crippen LogP contribution < -0.4 is 9.84 Å². The zero-order chi connectivity index (χ0) is 11.5. The Morgan fingerprint density at radius 3 is 2.33 bits per heavy atom. The molecule has 0 N–H and O–H groups in total. The molecule has 0 aromatic heterocycles. The zero-order valence-electron chi connectivity index (χ0n) is 8.48. The van der Waals surface area contributed by atoms with Crippen LogP contribution in [0.4, 0.5) is 0 Å². The Kier molecular flexibility index (Phi) is 2.96. The Labute approximate surface area is 87.7 Å². The van der Waals surface area contributed by atoms with Crippen molar-refractivity contribution in [1.29, 1.82) is 5.26 Å². The molecule has 78 valence electrons. The van der Waals surface area contributed by atoms with Crippen LogP contribution in [0.25, 0.3) is 0 Å². The maximum Gasteiger partial charge on any atom is 0.143 e. The van der Waals surface area contributed by atoms with Gasteiger partial charge in [0.15, 0.2) is 0 Å². The minimum Gasteiger partial charge on any atom is -0.546 e. The molecule has 0 unspecified atom stereocenters. The maximum absolute atomic E-state index is 10.7. The van der Waals surface area contributed by atoms with Gasteiger partial charge in [-0.15, -0.1) is 0 Å². The summed E-state index contributed by atoms with van der Waals surface area (Å²) in [7, 11) is 0. The summed E-state index contributed by atoms with van der Waals surface area (Å²) in [4.78, 5) is 10.7. The number of carbonyl (C=O) groups excluding carboxylic acids is 1. The highest BCUT2D eigenvalue weighted by atomic mass is 16.5. The van der Waals surface area contributed by atoms with Crippen molar-refractivity contribution < 1.29 is 14.6 Å². The van der Waals surface area contributed by atoms with Crippen LogP contribution in [0.5, 0.6) is 5.75 Å². The number of nitrogens with zero attached hydrogens (tertiary/aromatic N) is 1. The first-order valence-corrected chi connectivity index (χ1v) is 4.36. The second-order valence-corrected chi connectivity index (χ2v) is 3.54. The van der Waals surface area contributed by atoms with Crippen LogP contribution in [0.2, 0.25) is 0 Å². The van der Waals surface area contributed by atoms with Crippen LogP contribution in [0.3, 0.4) is 0 Å². The molecular weight excluding hydrogens is 194 g/mol. The van der Waals surface area contributed by atoms with Crippen LogP contribution in [0.1, 0.15) is 19.4 Å². The van der Waals surface area contributed by atoms with E-state index in [4.69, 9.17) is 10.00 Å². The number of rotatable bonds is 3. The van der Waals surface area contributed by atoms with Crippen molar-refractivity contribution in [2.45, 2.75) is 19.4 Å². The lowest BCUT2D eigenvalue weighted by Gasteiger charge is -2.27. The number of ether oxygens (including phenoxy) is 1. The van der Waals surface area contributed by atoms with E-state index in [2.05, 4.69) is 0 Å². The summed E-state index contributed by atoms with van der Waals surface area (Å²) in [5.74, 6) is -0.893. The molecule has 4 nitrogen and oxygen atoms in total. The second-order valence-electron chi connectivity index (χ2n) is 3.54. The van der Waals surface area contributed by atoms with E-state index in [0.717, 1.165) is 0 Å². The summed E-state index contributed by atoms with van der Waals surface area (Å²) < 4.78 is 5.19. The van der Waals surface area contributed by atoms with E-state index in [9.17, 15) is 9.90 Å². The zero-order valence-corrected chi connectivity index (χ0v) is 8.48. The van der Waals surface area contributed by atoms with E-state index < -0.39 is 11.6 Å². The van der Waals surface area contributed by atoms with Crippen molar-refractivity contribution in [3.63, 3.8) is 0 Å². The summed E-state index contributed by atoms with van der Waals surface area (Å²) in [6, 6.07) is 8.16. The molecular formula is C11H10NO3-. The van der Waals surface area contributed by atoms with Gasteiger partial charge in [-0.25, -0.2) is 0 Å². The summed E-state index contributed by atoms with van der Waals surface area (Å²) in [5.41, 5.74) is -0.887. The van der Waals surface area contributed by atoms with E-state index in [-0.39, 0.29) is 0 Å². The van der Waals surface area contributed by atoms with Gasteiger partial charge in [-0.3, -0.25) is 0 Å². The van der Waals surface area contributed by atoms with Gasteiger partial charge < -0.3 is 14.6 Å². The highest BCUT2D eigenvalue weighted by Crippen LogP contribution is 2.18. The van der Waals surface area contributed by atoms with Gasteiger partial charge in [0.25, 0.3) is 0 Å². The number of nitriles is 1. The predicted molar refractivity (Wildman–Crippen MR) is 50.9 cm³/mol. The largest absolute Gasteiger partial charge is 0.546 e. The number of carboxylic acids is 1. The van der Waals surface area contributed by atoms with Crippen molar-refractivity contribution in [3.05, 3.63) is 29.8 Å². The van der Waals surface area contributed by atoms with Crippen LogP contribution >= 0.6 is 0 Å². The molecule has 0 saturated carbocycles. The standard InChI is InChI=1S/C11H11NO3/c1-11(2,10(13)14)15-9-5-3-8(7-12)4-6-9/h3-6H,1-2H3,(H,13,14)/p-1. The number of hydrogen-bond donors (Lipinski definition) is 0. The fourth-order valence-corrected chi connectivity index (χ4v) is 0.934. The lowest BCUT2D eigenvalue weighted by atomic mass is 10.1. The first-order chi connectivity index (χ1) is 6.95. The smallest absolute Gasteiger partial charge is 0.143 e. The molecule has 0 atom stereocenters. The van der Waals surface area contributed by atoms with Crippen molar-refractivity contribution >= 4 is 5.97 Å². The molecule has 0 aliphatic rings. The molecule has 0 bridgehead atoms. The molecule has 0 radical (unpaired) electrons. The number of aliphatic carboxylic acids is 1. The molecule has 0 fully saturated rings. The number of carbonyl (C=O) groups is 1. The van der Waals surface area contributed by atoms with Gasteiger partial charge in [0, 0.05) is 0 Å². The van der Waals surface area contributed by atoms with Gasteiger partial charge in [-0.1, -0.05) is 0 Å². The molecule has 0 amide bonds. The molecule has 0 saturated heterocycles. The lowest BCUT2D eigenvalue weighted by molar-refractivity contribution is -0.320. The normalized spacial score (nSPS) is 10.5. The first kappa shape index (κ1) is 11.1. The maximum atomic E-state index is 10.7. The Balaban J connectivity index is 2.83. The van der Waals surface area contributed by atoms with E-state index in [1.54, 1.807) is 24.3 Å². The Morgan fingerprint density at radius 2 is 1.93 bits per heavy atom. The van der Waals surface area contributed by atoms with Crippen LogP contribution in [0.15, 0.2) is 24.3 Å². The van der Waals surface area contributed by atoms with Crippen molar-refractivity contribution in [3.8, 4) is 11.8 Å². The topological polar surface area (TPSA) is 73.1 Å². The second kappa shape index (κ2) is 4.01. The van der Waals surface area contributed by atoms with Crippen molar-refractivity contribution in [2.75, 3.05) is 0 Å². The summed E-state index contributed by atoms with van der Waals surface area (Å²) in [6.07, 6.45) is 0. The summed E-state index contributed by atoms with van der Waals surface area (Å²) in [5, 5.41) is 19.2. The minimum absolute atomic E-state index is 0.392. The lowest BCUT2D eigenvalue weighted by Crippen LogP contribution is -2.47. The highest BCUT2D eigenvalue weighted by Gasteiger charge is 2.21. The molecule has 4 heteroatoms. The average Bonchev–Trinajstić information content (AvgIpc) is 2.18. The van der Waals surface area contributed by atoms with Crippen molar-refractivity contribution in [1.82, 2.24) is 0 Å². The molecule has 15 heavy (non-hydrogen) atoms. The van der Waals surface area contributed by atoms with Crippen LogP contribution in [-0.2, 0) is 4.79 Å². The SMILES string of the molecule is CC(C)(Oc1ccc(C#N)cc1)C(=O)[O-]. The molecule has 0 heterocycles. The Bertz CT molecular complexity index is 401. The number of benzene rings is 1. The fraction of sp³-hybridized carbons (Fsp3) is 0.273. The average molecular weight is 204 g/mol. The van der Waals surface area contributed by atoms with E-state index >= 15 is 0 Å². The van der Waals surface area contributed by atoms with Gasteiger partial charge >= 0.3 is 0 Å². The predicted octanol–water partition coefficient (Wildman–Crippen LogP) is 0.466. The third-order valence-corrected chi connectivity index (χ3v) is 1.85. The van der Waals surface area contributed by atoms with Gasteiger partial charge in [-0.05, 0) is 38.1 Å². The molecule has 0 aliphatic carbocycles. The third-order valence-electron chi connectivity index (χ3n) is 1.85. The molecule has 0 spiro atoms. The van der Waals surface area contributed by atoms with E-state index in [1.165, 1.54) is 13.8 Å². The fourth-order valence-electron chi connectivity index (χ4n) is 0.934. The highest BCUT2D eigenvalue weighted by molar-refractivity contribution is 5.74. The molecule has 1 aromatic carbocycles. The molecule has 1 rings (SSSR count). The first-order valence-electron chi connectivity index (χ1n) is 4.36. The van der Waals surface area contributed by atoms with Gasteiger partial charge in [0.2, 0.25) is 0 Å². The van der Waals surface area contributed by atoms with Gasteiger partial charge in [0.05, 0.1) is 17.6 Å². The Hall–Kier alpha value is -2.02. The molecule has 1 aromatic rings. The number of hydrogen-bond acceptors (Lipinski definition) is 4. The quantitative estimate of drug-likeness (QED) is 0.717. The van der Waals surface area contributed by atoms with Crippen LogP contribution in [0, 0.1) is 11.3 Å². The monoisotopic (exact) mass is 204 g/mol. The third kappa shape index (κ3) is 2.71. The van der Waals surface area contributed by atoms with E-state index in [1.807, 2.05) is 6.07 Å². The van der Waals surface area contributed by atoms with Gasteiger partial charge in [-0.2, -0.15) is 5.26 Å².